The normalized spacial score (nSPS) is 10.4. The summed E-state index contributed by atoms with van der Waals surface area (Å²) in [5.41, 5.74) is 7.60. The highest BCUT2D eigenvalue weighted by molar-refractivity contribution is 5.42. The molecule has 2 N–H and O–H groups in total. The fourth-order valence-electron chi connectivity index (χ4n) is 1.63. The highest BCUT2D eigenvalue weighted by Crippen LogP contribution is 2.28. The number of imidazole rings is 1. The average molecular weight is 247 g/mol. The Morgan fingerprint density at radius 2 is 2.17 bits per heavy atom. The van der Waals surface area contributed by atoms with Gasteiger partial charge in [-0.25, -0.2) is 4.98 Å². The van der Waals surface area contributed by atoms with Gasteiger partial charge in [0.25, 0.3) is 0 Å². The van der Waals surface area contributed by atoms with Crippen molar-refractivity contribution in [3.05, 3.63) is 42.0 Å². The molecule has 1 aromatic carbocycles. The smallest absolute Gasteiger partial charge is 0.161 e. The molecule has 2 rings (SSSR count). The number of ether oxygens (including phenoxy) is 2. The van der Waals surface area contributed by atoms with Crippen LogP contribution in [0.15, 0.2) is 30.7 Å². The summed E-state index contributed by atoms with van der Waals surface area (Å²) in [6, 6.07) is 5.69. The topological polar surface area (TPSA) is 62.3 Å². The van der Waals surface area contributed by atoms with Crippen LogP contribution in [0.4, 0.5) is 0 Å². The van der Waals surface area contributed by atoms with Crippen LogP contribution in [-0.2, 0) is 20.2 Å². The van der Waals surface area contributed by atoms with E-state index in [9.17, 15) is 0 Å². The van der Waals surface area contributed by atoms with Gasteiger partial charge in [-0.05, 0) is 17.7 Å². The van der Waals surface area contributed by atoms with Crippen molar-refractivity contribution in [3.63, 3.8) is 0 Å². The minimum atomic E-state index is 0.453. The predicted octanol–water partition coefficient (Wildman–Crippen LogP) is 1.47. The molecule has 0 saturated carbocycles. The second-order valence-corrected chi connectivity index (χ2v) is 3.97. The van der Waals surface area contributed by atoms with Gasteiger partial charge in [0, 0.05) is 13.6 Å². The lowest BCUT2D eigenvalue weighted by Gasteiger charge is -2.11. The molecule has 0 unspecified atom stereocenters. The van der Waals surface area contributed by atoms with Crippen LogP contribution in [0.2, 0.25) is 0 Å². The van der Waals surface area contributed by atoms with Crippen LogP contribution in [0.3, 0.4) is 0 Å². The first-order chi connectivity index (χ1) is 8.74. The number of nitrogens with zero attached hydrogens (tertiary/aromatic N) is 2. The highest BCUT2D eigenvalue weighted by Gasteiger charge is 2.06. The maximum atomic E-state index is 5.73. The Morgan fingerprint density at radius 1 is 1.33 bits per heavy atom. The highest BCUT2D eigenvalue weighted by atomic mass is 16.5. The van der Waals surface area contributed by atoms with Gasteiger partial charge in [0.15, 0.2) is 11.5 Å². The zero-order valence-corrected chi connectivity index (χ0v) is 10.6. The molecular weight excluding hydrogens is 230 g/mol. The molecule has 0 bridgehead atoms. The van der Waals surface area contributed by atoms with E-state index in [4.69, 9.17) is 15.2 Å². The molecule has 0 saturated heterocycles. The molecule has 0 spiro atoms. The number of benzene rings is 1. The summed E-state index contributed by atoms with van der Waals surface area (Å²) in [6.07, 6.45) is 3.52. The largest absolute Gasteiger partial charge is 0.493 e. The van der Waals surface area contributed by atoms with E-state index in [1.54, 1.807) is 19.6 Å². The van der Waals surface area contributed by atoms with Crippen molar-refractivity contribution < 1.29 is 9.47 Å². The minimum absolute atomic E-state index is 0.453. The zero-order chi connectivity index (χ0) is 13.0. The lowest BCUT2D eigenvalue weighted by molar-refractivity contribution is 0.277. The molecular formula is C13H17N3O2. The van der Waals surface area contributed by atoms with Gasteiger partial charge in [-0.3, -0.25) is 0 Å². The van der Waals surface area contributed by atoms with Crippen molar-refractivity contribution in [3.8, 4) is 11.5 Å². The van der Waals surface area contributed by atoms with E-state index < -0.39 is 0 Å². The van der Waals surface area contributed by atoms with E-state index in [-0.39, 0.29) is 0 Å². The SMILES string of the molecule is COc1cc(CN)ccc1OCc1cncn1C. The third-order valence-corrected chi connectivity index (χ3v) is 2.76. The summed E-state index contributed by atoms with van der Waals surface area (Å²) in [5, 5.41) is 0. The molecule has 0 fully saturated rings. The number of rotatable bonds is 5. The first-order valence-electron chi connectivity index (χ1n) is 5.69. The Bertz CT molecular complexity index is 523. The van der Waals surface area contributed by atoms with Crippen LogP contribution in [-0.4, -0.2) is 16.7 Å². The Morgan fingerprint density at radius 3 is 2.78 bits per heavy atom. The van der Waals surface area contributed by atoms with Gasteiger partial charge in [-0.1, -0.05) is 6.07 Å². The van der Waals surface area contributed by atoms with E-state index in [0.717, 1.165) is 11.3 Å². The lowest BCUT2D eigenvalue weighted by Crippen LogP contribution is -2.03. The van der Waals surface area contributed by atoms with Gasteiger partial charge < -0.3 is 19.8 Å². The number of methoxy groups -OCH3 is 1. The fourth-order valence-corrected chi connectivity index (χ4v) is 1.63. The van der Waals surface area contributed by atoms with E-state index in [0.29, 0.717) is 24.7 Å². The molecule has 0 aliphatic carbocycles. The molecule has 96 valence electrons. The summed E-state index contributed by atoms with van der Waals surface area (Å²) in [7, 11) is 3.55. The minimum Gasteiger partial charge on any atom is -0.493 e. The molecule has 5 heteroatoms. The second-order valence-electron chi connectivity index (χ2n) is 3.97. The van der Waals surface area contributed by atoms with Crippen molar-refractivity contribution in [2.75, 3.05) is 7.11 Å². The fraction of sp³-hybridized carbons (Fsp3) is 0.308. The van der Waals surface area contributed by atoms with Crippen molar-refractivity contribution in [2.45, 2.75) is 13.2 Å². The van der Waals surface area contributed by atoms with E-state index in [2.05, 4.69) is 4.98 Å². The number of aromatic nitrogens is 2. The lowest BCUT2D eigenvalue weighted by atomic mass is 10.2. The first-order valence-corrected chi connectivity index (χ1v) is 5.69. The third-order valence-electron chi connectivity index (χ3n) is 2.76. The van der Waals surface area contributed by atoms with Gasteiger partial charge in [0.1, 0.15) is 6.61 Å². The molecule has 1 aromatic heterocycles. The number of hydrogen-bond donors (Lipinski definition) is 1. The van der Waals surface area contributed by atoms with Crippen LogP contribution in [0.1, 0.15) is 11.3 Å². The van der Waals surface area contributed by atoms with Gasteiger partial charge >= 0.3 is 0 Å². The maximum Gasteiger partial charge on any atom is 0.161 e. The summed E-state index contributed by atoms with van der Waals surface area (Å²) >= 11 is 0. The Balaban J connectivity index is 2.11. The molecule has 0 aliphatic heterocycles. The first kappa shape index (κ1) is 12.4. The number of nitrogens with two attached hydrogens (primary N) is 1. The van der Waals surface area contributed by atoms with Crippen molar-refractivity contribution >= 4 is 0 Å². The quantitative estimate of drug-likeness (QED) is 0.869. The van der Waals surface area contributed by atoms with Gasteiger partial charge in [0.2, 0.25) is 0 Å². The summed E-state index contributed by atoms with van der Waals surface area (Å²) in [5.74, 6) is 1.40. The van der Waals surface area contributed by atoms with Crippen LogP contribution < -0.4 is 15.2 Å². The standard InChI is InChI=1S/C13H17N3O2/c1-16-9-15-7-11(16)8-18-12-4-3-10(6-14)5-13(12)17-2/h3-5,7,9H,6,8,14H2,1-2H3. The molecule has 0 radical (unpaired) electrons. The predicted molar refractivity (Wildman–Crippen MR) is 68.4 cm³/mol. The number of hydrogen-bond acceptors (Lipinski definition) is 4. The molecule has 1 heterocycles. The van der Waals surface area contributed by atoms with Gasteiger partial charge in [-0.2, -0.15) is 0 Å². The van der Waals surface area contributed by atoms with Crippen LogP contribution >= 0.6 is 0 Å². The van der Waals surface area contributed by atoms with Crippen LogP contribution in [0.25, 0.3) is 0 Å². The van der Waals surface area contributed by atoms with Crippen LogP contribution in [0.5, 0.6) is 11.5 Å². The molecule has 18 heavy (non-hydrogen) atoms. The summed E-state index contributed by atoms with van der Waals surface area (Å²) < 4.78 is 12.9. The third kappa shape index (κ3) is 2.62. The number of aryl methyl sites for hydroxylation is 1. The van der Waals surface area contributed by atoms with Gasteiger partial charge in [0.05, 0.1) is 25.3 Å². The second kappa shape index (κ2) is 5.55. The Kier molecular flexibility index (Phi) is 3.84. The average Bonchev–Trinajstić information content (AvgIpc) is 2.81. The van der Waals surface area contributed by atoms with E-state index in [1.165, 1.54) is 0 Å². The Labute approximate surface area is 106 Å². The van der Waals surface area contributed by atoms with Gasteiger partial charge in [-0.15, -0.1) is 0 Å². The monoisotopic (exact) mass is 247 g/mol. The van der Waals surface area contributed by atoms with Crippen molar-refractivity contribution in [2.24, 2.45) is 12.8 Å². The van der Waals surface area contributed by atoms with Crippen LogP contribution in [0, 0.1) is 0 Å². The van der Waals surface area contributed by atoms with Crippen molar-refractivity contribution in [1.29, 1.82) is 0 Å². The summed E-state index contributed by atoms with van der Waals surface area (Å²) in [4.78, 5) is 4.04. The zero-order valence-electron chi connectivity index (χ0n) is 10.6. The maximum absolute atomic E-state index is 5.73. The van der Waals surface area contributed by atoms with E-state index >= 15 is 0 Å². The molecule has 0 atom stereocenters. The Hall–Kier alpha value is -2.01. The van der Waals surface area contributed by atoms with E-state index in [1.807, 2.05) is 29.8 Å². The molecule has 0 aliphatic rings. The molecule has 2 aromatic rings. The van der Waals surface area contributed by atoms with Crippen molar-refractivity contribution in [1.82, 2.24) is 9.55 Å². The summed E-state index contributed by atoms with van der Waals surface area (Å²) in [6.45, 7) is 0.938. The molecule has 0 amide bonds. The molecule has 5 nitrogen and oxygen atoms in total.